The summed E-state index contributed by atoms with van der Waals surface area (Å²) in [7, 11) is -3.58. The Morgan fingerprint density at radius 2 is 1.79 bits per heavy atom. The molecule has 1 fully saturated rings. The van der Waals surface area contributed by atoms with Crippen molar-refractivity contribution in [3.63, 3.8) is 0 Å². The van der Waals surface area contributed by atoms with E-state index >= 15 is 0 Å². The first-order valence-corrected chi connectivity index (χ1v) is 11.2. The molecule has 5 rings (SSSR count). The van der Waals surface area contributed by atoms with E-state index in [9.17, 15) is 8.42 Å². The number of para-hydroxylation sites is 1. The summed E-state index contributed by atoms with van der Waals surface area (Å²) in [5.74, 6) is 0.674. The molecule has 1 atom stereocenters. The molecule has 1 aliphatic heterocycles. The van der Waals surface area contributed by atoms with Gasteiger partial charge in [-0.05, 0) is 67.5 Å². The SMILES string of the molecule is O=S(=O)(c1ccc2c(c1)CCC2)N1CCCC1c1nncn1-c1ccccc1. The minimum Gasteiger partial charge on any atom is -0.284 e. The Morgan fingerprint density at radius 1 is 0.964 bits per heavy atom. The van der Waals surface area contributed by atoms with E-state index in [2.05, 4.69) is 10.2 Å². The van der Waals surface area contributed by atoms with Gasteiger partial charge in [0.15, 0.2) is 5.82 Å². The Morgan fingerprint density at radius 3 is 2.64 bits per heavy atom. The van der Waals surface area contributed by atoms with Crippen LogP contribution in [0.4, 0.5) is 0 Å². The van der Waals surface area contributed by atoms with Crippen LogP contribution in [0.25, 0.3) is 5.69 Å². The molecule has 2 aliphatic rings. The number of benzene rings is 2. The van der Waals surface area contributed by atoms with Crippen LogP contribution in [0.2, 0.25) is 0 Å². The first-order valence-electron chi connectivity index (χ1n) is 9.73. The standard InChI is InChI=1S/C21H22N4O2S/c26-28(27,19-12-11-16-6-4-7-17(16)14-19)25-13-5-10-20(25)21-23-22-15-24(21)18-8-2-1-3-9-18/h1-3,8-9,11-12,14-15,20H,4-7,10,13H2. The molecule has 0 bridgehead atoms. The number of nitrogens with zero attached hydrogens (tertiary/aromatic N) is 4. The van der Waals surface area contributed by atoms with E-state index in [1.807, 2.05) is 47.0 Å². The average molecular weight is 394 g/mol. The Kier molecular flexibility index (Phi) is 4.29. The lowest BCUT2D eigenvalue weighted by atomic mass is 10.1. The van der Waals surface area contributed by atoms with E-state index in [1.165, 1.54) is 11.1 Å². The van der Waals surface area contributed by atoms with E-state index in [-0.39, 0.29) is 6.04 Å². The second-order valence-electron chi connectivity index (χ2n) is 7.45. The van der Waals surface area contributed by atoms with Crippen molar-refractivity contribution in [1.82, 2.24) is 19.1 Å². The highest BCUT2D eigenvalue weighted by Crippen LogP contribution is 2.37. The molecule has 1 aromatic heterocycles. The van der Waals surface area contributed by atoms with Crippen LogP contribution >= 0.6 is 0 Å². The van der Waals surface area contributed by atoms with Crippen molar-refractivity contribution in [3.05, 3.63) is 71.8 Å². The van der Waals surface area contributed by atoms with Gasteiger partial charge in [-0.15, -0.1) is 10.2 Å². The predicted octanol–water partition coefficient (Wildman–Crippen LogP) is 3.28. The minimum atomic E-state index is -3.58. The fraction of sp³-hybridized carbons (Fsp3) is 0.333. The van der Waals surface area contributed by atoms with E-state index in [0.29, 0.717) is 17.3 Å². The normalized spacial score (nSPS) is 19.8. The largest absolute Gasteiger partial charge is 0.284 e. The van der Waals surface area contributed by atoms with Gasteiger partial charge in [-0.3, -0.25) is 4.57 Å². The van der Waals surface area contributed by atoms with Gasteiger partial charge < -0.3 is 0 Å². The summed E-state index contributed by atoms with van der Waals surface area (Å²) in [6, 6.07) is 15.1. The predicted molar refractivity (Wildman–Crippen MR) is 106 cm³/mol. The highest BCUT2D eigenvalue weighted by atomic mass is 32.2. The Balaban J connectivity index is 1.52. The van der Waals surface area contributed by atoms with Gasteiger partial charge >= 0.3 is 0 Å². The van der Waals surface area contributed by atoms with Crippen molar-refractivity contribution in [3.8, 4) is 5.69 Å². The number of rotatable bonds is 4. The van der Waals surface area contributed by atoms with Crippen molar-refractivity contribution in [2.75, 3.05) is 6.54 Å². The zero-order valence-electron chi connectivity index (χ0n) is 15.5. The van der Waals surface area contributed by atoms with Gasteiger partial charge in [-0.2, -0.15) is 4.31 Å². The first-order chi connectivity index (χ1) is 13.6. The second-order valence-corrected chi connectivity index (χ2v) is 9.34. The molecule has 0 N–H and O–H groups in total. The van der Waals surface area contributed by atoms with Crippen molar-refractivity contribution >= 4 is 10.0 Å². The fourth-order valence-corrected chi connectivity index (χ4v) is 6.09. The Hall–Kier alpha value is -2.51. The van der Waals surface area contributed by atoms with E-state index < -0.39 is 10.0 Å². The van der Waals surface area contributed by atoms with Crippen LogP contribution in [0, 0.1) is 0 Å². The summed E-state index contributed by atoms with van der Waals surface area (Å²) in [6.45, 7) is 0.506. The molecule has 0 saturated carbocycles. The minimum absolute atomic E-state index is 0.305. The number of sulfonamides is 1. The molecule has 7 heteroatoms. The maximum Gasteiger partial charge on any atom is 0.243 e. The van der Waals surface area contributed by atoms with Gasteiger partial charge in [0.05, 0.1) is 10.9 Å². The topological polar surface area (TPSA) is 68.1 Å². The number of aryl methyl sites for hydroxylation is 2. The number of hydrogen-bond donors (Lipinski definition) is 0. The van der Waals surface area contributed by atoms with Gasteiger partial charge in [0, 0.05) is 12.2 Å². The quantitative estimate of drug-likeness (QED) is 0.681. The number of aromatic nitrogens is 3. The van der Waals surface area contributed by atoms with Gasteiger partial charge in [0.1, 0.15) is 6.33 Å². The molecule has 2 aromatic carbocycles. The zero-order valence-corrected chi connectivity index (χ0v) is 16.3. The van der Waals surface area contributed by atoms with Crippen LogP contribution < -0.4 is 0 Å². The van der Waals surface area contributed by atoms with E-state index in [4.69, 9.17) is 0 Å². The van der Waals surface area contributed by atoms with Crippen molar-refractivity contribution < 1.29 is 8.42 Å². The van der Waals surface area contributed by atoms with Gasteiger partial charge in [0.2, 0.25) is 10.0 Å². The lowest BCUT2D eigenvalue weighted by Gasteiger charge is -2.24. The Bertz CT molecular complexity index is 1110. The molecule has 2 heterocycles. The summed E-state index contributed by atoms with van der Waals surface area (Å²) in [5.41, 5.74) is 3.38. The third-order valence-electron chi connectivity index (χ3n) is 5.79. The number of fused-ring (bicyclic) bond motifs is 1. The molecule has 6 nitrogen and oxygen atoms in total. The fourth-order valence-electron chi connectivity index (χ4n) is 4.39. The van der Waals surface area contributed by atoms with Crippen LogP contribution in [0.5, 0.6) is 0 Å². The van der Waals surface area contributed by atoms with Crippen LogP contribution in [0.15, 0.2) is 59.8 Å². The molecular formula is C21H22N4O2S. The zero-order chi connectivity index (χ0) is 19.1. The molecule has 1 saturated heterocycles. The molecule has 1 aliphatic carbocycles. The maximum absolute atomic E-state index is 13.5. The number of hydrogen-bond acceptors (Lipinski definition) is 4. The molecule has 3 aromatic rings. The highest BCUT2D eigenvalue weighted by Gasteiger charge is 2.39. The third-order valence-corrected chi connectivity index (χ3v) is 7.69. The van der Waals surface area contributed by atoms with Crippen molar-refractivity contribution in [2.45, 2.75) is 43.0 Å². The molecular weight excluding hydrogens is 372 g/mol. The molecule has 0 amide bonds. The molecule has 28 heavy (non-hydrogen) atoms. The molecule has 144 valence electrons. The first kappa shape index (κ1) is 17.6. The summed E-state index contributed by atoms with van der Waals surface area (Å²) in [4.78, 5) is 0.394. The highest BCUT2D eigenvalue weighted by molar-refractivity contribution is 7.89. The van der Waals surface area contributed by atoms with Crippen LogP contribution in [0.1, 0.15) is 42.3 Å². The van der Waals surface area contributed by atoms with Crippen LogP contribution in [0.3, 0.4) is 0 Å². The van der Waals surface area contributed by atoms with E-state index in [1.54, 1.807) is 16.7 Å². The van der Waals surface area contributed by atoms with Gasteiger partial charge in [0.25, 0.3) is 0 Å². The molecule has 0 radical (unpaired) electrons. The lowest BCUT2D eigenvalue weighted by molar-refractivity contribution is 0.380. The smallest absolute Gasteiger partial charge is 0.243 e. The van der Waals surface area contributed by atoms with Gasteiger partial charge in [-0.1, -0.05) is 24.3 Å². The van der Waals surface area contributed by atoms with Crippen molar-refractivity contribution in [2.24, 2.45) is 0 Å². The lowest BCUT2D eigenvalue weighted by Crippen LogP contribution is -2.32. The second kappa shape index (κ2) is 6.83. The Labute approximate surface area is 164 Å². The summed E-state index contributed by atoms with van der Waals surface area (Å²) in [5, 5.41) is 8.37. The molecule has 0 spiro atoms. The van der Waals surface area contributed by atoms with Crippen LogP contribution in [-0.2, 0) is 22.9 Å². The van der Waals surface area contributed by atoms with Crippen molar-refractivity contribution in [1.29, 1.82) is 0 Å². The monoisotopic (exact) mass is 394 g/mol. The third kappa shape index (κ3) is 2.86. The summed E-state index contributed by atoms with van der Waals surface area (Å²) in [6.07, 6.45) is 6.33. The maximum atomic E-state index is 13.5. The average Bonchev–Trinajstić information content (AvgIpc) is 3.47. The summed E-state index contributed by atoms with van der Waals surface area (Å²) < 4.78 is 30.4. The molecule has 1 unspecified atom stereocenters. The van der Waals surface area contributed by atoms with Gasteiger partial charge in [-0.25, -0.2) is 8.42 Å². The van der Waals surface area contributed by atoms with Crippen LogP contribution in [-0.4, -0.2) is 34.0 Å². The summed E-state index contributed by atoms with van der Waals surface area (Å²) >= 11 is 0. The van der Waals surface area contributed by atoms with E-state index in [0.717, 1.165) is 37.8 Å².